The Hall–Kier alpha value is -1.39. The third-order valence-corrected chi connectivity index (χ3v) is 3.15. The lowest BCUT2D eigenvalue weighted by Gasteiger charge is -2.25. The summed E-state index contributed by atoms with van der Waals surface area (Å²) in [5, 5.41) is 7.91. The predicted octanol–water partition coefficient (Wildman–Crippen LogP) is 2.15. The van der Waals surface area contributed by atoms with E-state index in [4.69, 9.17) is 16.1 Å². The van der Waals surface area contributed by atoms with Gasteiger partial charge in [0, 0.05) is 17.0 Å². The standard InChI is InChI=1S/C12H12ClN3O/c13-10-3-1-9(2-4-10)12-15-11(17-16-12)5-8-6-14-7-8/h1-4,8,14H,5-7H2. The molecule has 0 atom stereocenters. The van der Waals surface area contributed by atoms with Crippen molar-refractivity contribution in [3.05, 3.63) is 35.2 Å². The van der Waals surface area contributed by atoms with Gasteiger partial charge in [0.05, 0.1) is 0 Å². The molecule has 1 aromatic carbocycles. The first kappa shape index (κ1) is 10.7. The molecular formula is C12H12ClN3O. The summed E-state index contributed by atoms with van der Waals surface area (Å²) < 4.78 is 5.23. The molecule has 4 nitrogen and oxygen atoms in total. The van der Waals surface area contributed by atoms with Gasteiger partial charge in [-0.15, -0.1) is 0 Å². The molecule has 5 heteroatoms. The Bertz CT molecular complexity index is 505. The maximum absolute atomic E-state index is 5.83. The average Bonchev–Trinajstić information content (AvgIpc) is 2.73. The molecule has 1 N–H and O–H groups in total. The van der Waals surface area contributed by atoms with E-state index in [1.807, 2.05) is 24.3 Å². The molecule has 1 saturated heterocycles. The second kappa shape index (κ2) is 4.47. The first-order valence-corrected chi connectivity index (χ1v) is 5.98. The van der Waals surface area contributed by atoms with Crippen LogP contribution in [0.2, 0.25) is 5.02 Å². The molecule has 1 fully saturated rings. The Morgan fingerprint density at radius 3 is 2.71 bits per heavy atom. The molecule has 2 aromatic rings. The highest BCUT2D eigenvalue weighted by Crippen LogP contribution is 2.20. The molecule has 0 amide bonds. The summed E-state index contributed by atoms with van der Waals surface area (Å²) in [5.41, 5.74) is 0.927. The van der Waals surface area contributed by atoms with E-state index in [0.717, 1.165) is 25.1 Å². The van der Waals surface area contributed by atoms with E-state index in [-0.39, 0.29) is 0 Å². The lowest BCUT2D eigenvalue weighted by Crippen LogP contribution is -2.43. The van der Waals surface area contributed by atoms with Gasteiger partial charge in [0.2, 0.25) is 11.7 Å². The molecule has 1 aliphatic rings. The van der Waals surface area contributed by atoms with Crippen LogP contribution < -0.4 is 5.32 Å². The van der Waals surface area contributed by atoms with E-state index >= 15 is 0 Å². The Balaban J connectivity index is 1.76. The van der Waals surface area contributed by atoms with Crippen LogP contribution in [0.4, 0.5) is 0 Å². The third-order valence-electron chi connectivity index (χ3n) is 2.90. The predicted molar refractivity (Wildman–Crippen MR) is 64.8 cm³/mol. The molecule has 0 unspecified atom stereocenters. The lowest BCUT2D eigenvalue weighted by atomic mass is 10.00. The van der Waals surface area contributed by atoms with E-state index in [1.165, 1.54) is 0 Å². The van der Waals surface area contributed by atoms with E-state index < -0.39 is 0 Å². The second-order valence-corrected chi connectivity index (χ2v) is 4.68. The van der Waals surface area contributed by atoms with E-state index in [2.05, 4.69) is 15.5 Å². The lowest BCUT2D eigenvalue weighted by molar-refractivity contribution is 0.296. The number of hydrogen-bond acceptors (Lipinski definition) is 4. The molecule has 0 spiro atoms. The second-order valence-electron chi connectivity index (χ2n) is 4.25. The summed E-state index contributed by atoms with van der Waals surface area (Å²) >= 11 is 5.83. The van der Waals surface area contributed by atoms with Crippen molar-refractivity contribution in [2.75, 3.05) is 13.1 Å². The zero-order valence-corrected chi connectivity index (χ0v) is 9.94. The highest BCUT2D eigenvalue weighted by Gasteiger charge is 2.20. The summed E-state index contributed by atoms with van der Waals surface area (Å²) in [6.45, 7) is 2.08. The average molecular weight is 250 g/mol. The molecule has 0 aliphatic carbocycles. The molecule has 17 heavy (non-hydrogen) atoms. The van der Waals surface area contributed by atoms with Gasteiger partial charge in [-0.3, -0.25) is 0 Å². The van der Waals surface area contributed by atoms with Crippen molar-refractivity contribution in [2.45, 2.75) is 6.42 Å². The van der Waals surface area contributed by atoms with Crippen LogP contribution in [-0.2, 0) is 6.42 Å². The molecule has 3 rings (SSSR count). The highest BCUT2D eigenvalue weighted by molar-refractivity contribution is 6.30. The van der Waals surface area contributed by atoms with Crippen molar-refractivity contribution in [2.24, 2.45) is 5.92 Å². The molecule has 1 aliphatic heterocycles. The van der Waals surface area contributed by atoms with Crippen molar-refractivity contribution < 1.29 is 4.52 Å². The molecule has 88 valence electrons. The summed E-state index contributed by atoms with van der Waals surface area (Å²) in [7, 11) is 0. The summed E-state index contributed by atoms with van der Waals surface area (Å²) in [4.78, 5) is 4.38. The van der Waals surface area contributed by atoms with Gasteiger partial charge in [0.15, 0.2) is 0 Å². The summed E-state index contributed by atoms with van der Waals surface area (Å²) in [6.07, 6.45) is 0.855. The number of nitrogens with one attached hydrogen (secondary N) is 1. The molecule has 0 saturated carbocycles. The largest absolute Gasteiger partial charge is 0.339 e. The number of benzene rings is 1. The van der Waals surface area contributed by atoms with E-state index in [1.54, 1.807) is 0 Å². The Labute approximate surface area is 104 Å². The Morgan fingerprint density at radius 2 is 2.06 bits per heavy atom. The molecule has 2 heterocycles. The van der Waals surface area contributed by atoms with Crippen LogP contribution in [0.25, 0.3) is 11.4 Å². The summed E-state index contributed by atoms with van der Waals surface area (Å²) in [5.74, 6) is 1.97. The molecule has 0 bridgehead atoms. The normalized spacial score (nSPS) is 15.8. The summed E-state index contributed by atoms with van der Waals surface area (Å²) in [6, 6.07) is 7.43. The van der Waals surface area contributed by atoms with E-state index in [0.29, 0.717) is 22.7 Å². The van der Waals surface area contributed by atoms with Crippen LogP contribution in [0.3, 0.4) is 0 Å². The van der Waals surface area contributed by atoms with E-state index in [9.17, 15) is 0 Å². The van der Waals surface area contributed by atoms with Gasteiger partial charge in [-0.2, -0.15) is 4.98 Å². The third kappa shape index (κ3) is 2.33. The zero-order chi connectivity index (χ0) is 11.7. The highest BCUT2D eigenvalue weighted by atomic mass is 35.5. The van der Waals surface area contributed by atoms with Crippen LogP contribution >= 0.6 is 11.6 Å². The number of nitrogens with zero attached hydrogens (tertiary/aromatic N) is 2. The van der Waals surface area contributed by atoms with Crippen LogP contribution in [0.1, 0.15) is 5.89 Å². The maximum atomic E-state index is 5.83. The molecule has 0 radical (unpaired) electrons. The van der Waals surface area contributed by atoms with Crippen LogP contribution in [-0.4, -0.2) is 23.2 Å². The fraction of sp³-hybridized carbons (Fsp3) is 0.333. The maximum Gasteiger partial charge on any atom is 0.227 e. The van der Waals surface area contributed by atoms with Crippen molar-refractivity contribution >= 4 is 11.6 Å². The number of rotatable bonds is 3. The molecule has 1 aromatic heterocycles. The van der Waals surface area contributed by atoms with Gasteiger partial charge >= 0.3 is 0 Å². The van der Waals surface area contributed by atoms with Crippen LogP contribution in [0.15, 0.2) is 28.8 Å². The van der Waals surface area contributed by atoms with Gasteiger partial charge in [-0.1, -0.05) is 16.8 Å². The topological polar surface area (TPSA) is 51.0 Å². The number of aromatic nitrogens is 2. The monoisotopic (exact) mass is 249 g/mol. The smallest absolute Gasteiger partial charge is 0.227 e. The van der Waals surface area contributed by atoms with Gasteiger partial charge in [0.25, 0.3) is 0 Å². The fourth-order valence-electron chi connectivity index (χ4n) is 1.79. The Morgan fingerprint density at radius 1 is 1.29 bits per heavy atom. The van der Waals surface area contributed by atoms with Gasteiger partial charge in [0.1, 0.15) is 0 Å². The SMILES string of the molecule is Clc1ccc(-c2noc(CC3CNC3)n2)cc1. The Kier molecular flexibility index (Phi) is 2.82. The van der Waals surface area contributed by atoms with Crippen LogP contribution in [0.5, 0.6) is 0 Å². The molecular weight excluding hydrogens is 238 g/mol. The van der Waals surface area contributed by atoms with Crippen molar-refractivity contribution in [1.82, 2.24) is 15.5 Å². The number of hydrogen-bond donors (Lipinski definition) is 1. The zero-order valence-electron chi connectivity index (χ0n) is 9.19. The first-order valence-electron chi connectivity index (χ1n) is 5.60. The first-order chi connectivity index (χ1) is 8.31. The number of halogens is 1. The fourth-order valence-corrected chi connectivity index (χ4v) is 1.92. The van der Waals surface area contributed by atoms with Gasteiger partial charge in [-0.05, 0) is 43.3 Å². The van der Waals surface area contributed by atoms with Crippen molar-refractivity contribution in [3.8, 4) is 11.4 Å². The van der Waals surface area contributed by atoms with Crippen LogP contribution in [0, 0.1) is 5.92 Å². The van der Waals surface area contributed by atoms with Gasteiger partial charge < -0.3 is 9.84 Å². The quantitative estimate of drug-likeness (QED) is 0.906. The minimum atomic E-state index is 0.629. The minimum Gasteiger partial charge on any atom is -0.339 e. The van der Waals surface area contributed by atoms with Gasteiger partial charge in [-0.25, -0.2) is 0 Å². The minimum absolute atomic E-state index is 0.629. The van der Waals surface area contributed by atoms with Crippen molar-refractivity contribution in [3.63, 3.8) is 0 Å². The van der Waals surface area contributed by atoms with Crippen molar-refractivity contribution in [1.29, 1.82) is 0 Å².